The number of rotatable bonds is 3. The first-order valence-corrected chi connectivity index (χ1v) is 6.51. The lowest BCUT2D eigenvalue weighted by Gasteiger charge is -2.14. The molecule has 0 atom stereocenters. The van der Waals surface area contributed by atoms with Crippen LogP contribution in [0, 0.1) is 11.3 Å². The van der Waals surface area contributed by atoms with Crippen LogP contribution in [0.4, 0.5) is 26.3 Å². The minimum atomic E-state index is -4.72. The second kappa shape index (κ2) is 6.43. The van der Waals surface area contributed by atoms with Gasteiger partial charge >= 0.3 is 12.4 Å². The number of hydrogen-bond donors (Lipinski definition) is 0. The largest absolute Gasteiger partial charge is 0.488 e. The standard InChI is InChI=1S/C16H9F6NO/c17-15(18,19)12-4-1-10(2-5-12)9-24-14-6-3-11(8-23)7-13(14)16(20,21)22/h1-7H,9H2. The summed E-state index contributed by atoms with van der Waals surface area (Å²) in [5, 5.41) is 8.67. The number of nitriles is 1. The number of ether oxygens (including phenoxy) is 1. The number of nitrogens with zero attached hydrogens (tertiary/aromatic N) is 1. The van der Waals surface area contributed by atoms with Gasteiger partial charge in [-0.25, -0.2) is 0 Å². The van der Waals surface area contributed by atoms with E-state index in [0.717, 1.165) is 36.4 Å². The lowest BCUT2D eigenvalue weighted by Crippen LogP contribution is -2.09. The van der Waals surface area contributed by atoms with Gasteiger partial charge in [-0.2, -0.15) is 31.6 Å². The summed E-state index contributed by atoms with van der Waals surface area (Å²) in [4.78, 5) is 0. The number of halogens is 6. The van der Waals surface area contributed by atoms with E-state index < -0.39 is 29.2 Å². The Labute approximate surface area is 132 Å². The normalized spacial score (nSPS) is 11.9. The molecule has 0 saturated heterocycles. The van der Waals surface area contributed by atoms with Crippen LogP contribution < -0.4 is 4.74 Å². The SMILES string of the molecule is N#Cc1ccc(OCc2ccc(C(F)(F)F)cc2)c(C(F)(F)F)c1. The molecule has 24 heavy (non-hydrogen) atoms. The van der Waals surface area contributed by atoms with Crippen molar-refractivity contribution in [2.75, 3.05) is 0 Å². The molecule has 0 bridgehead atoms. The van der Waals surface area contributed by atoms with Crippen LogP contribution in [-0.2, 0) is 19.0 Å². The molecule has 0 N–H and O–H groups in total. The third-order valence-electron chi connectivity index (χ3n) is 3.09. The molecule has 0 unspecified atom stereocenters. The minimum absolute atomic E-state index is 0.177. The molecule has 0 aliphatic carbocycles. The smallest absolute Gasteiger partial charge is 0.420 e. The third-order valence-corrected chi connectivity index (χ3v) is 3.09. The van der Waals surface area contributed by atoms with Crippen molar-refractivity contribution in [1.82, 2.24) is 0 Å². The lowest BCUT2D eigenvalue weighted by molar-refractivity contribution is -0.139. The molecule has 0 fully saturated rings. The molecule has 0 spiro atoms. The van der Waals surface area contributed by atoms with Gasteiger partial charge in [0.15, 0.2) is 0 Å². The molecule has 2 aromatic rings. The van der Waals surface area contributed by atoms with Gasteiger partial charge in [-0.15, -0.1) is 0 Å². The molecule has 0 aliphatic rings. The zero-order valence-corrected chi connectivity index (χ0v) is 11.9. The van der Waals surface area contributed by atoms with Gasteiger partial charge in [0.2, 0.25) is 0 Å². The zero-order chi connectivity index (χ0) is 18.0. The van der Waals surface area contributed by atoms with Crippen LogP contribution >= 0.6 is 0 Å². The summed E-state index contributed by atoms with van der Waals surface area (Å²) in [6, 6.07) is 8.32. The Morgan fingerprint density at radius 2 is 1.50 bits per heavy atom. The van der Waals surface area contributed by atoms with Crippen molar-refractivity contribution in [1.29, 1.82) is 5.26 Å². The van der Waals surface area contributed by atoms with E-state index in [9.17, 15) is 26.3 Å². The van der Waals surface area contributed by atoms with Crippen LogP contribution in [-0.4, -0.2) is 0 Å². The molecule has 8 heteroatoms. The number of benzene rings is 2. The first-order chi connectivity index (χ1) is 11.1. The van der Waals surface area contributed by atoms with Crippen molar-refractivity contribution in [3.05, 3.63) is 64.7 Å². The molecule has 0 aromatic heterocycles. The first-order valence-electron chi connectivity index (χ1n) is 6.51. The molecular formula is C16H9F6NO. The van der Waals surface area contributed by atoms with E-state index in [1.54, 1.807) is 6.07 Å². The van der Waals surface area contributed by atoms with Crippen LogP contribution in [0.25, 0.3) is 0 Å². The fourth-order valence-corrected chi connectivity index (χ4v) is 1.90. The molecule has 126 valence electrons. The molecule has 0 radical (unpaired) electrons. The van der Waals surface area contributed by atoms with Crippen molar-refractivity contribution >= 4 is 0 Å². The van der Waals surface area contributed by atoms with Gasteiger partial charge in [0.05, 0.1) is 22.8 Å². The summed E-state index contributed by atoms with van der Waals surface area (Å²) < 4.78 is 81.3. The van der Waals surface area contributed by atoms with Gasteiger partial charge in [0.25, 0.3) is 0 Å². The summed E-state index contributed by atoms with van der Waals surface area (Å²) in [5.74, 6) is -0.499. The van der Waals surface area contributed by atoms with Crippen molar-refractivity contribution in [3.8, 4) is 11.8 Å². The zero-order valence-electron chi connectivity index (χ0n) is 11.9. The lowest BCUT2D eigenvalue weighted by atomic mass is 10.1. The topological polar surface area (TPSA) is 33.0 Å². The fourth-order valence-electron chi connectivity index (χ4n) is 1.90. The van der Waals surface area contributed by atoms with Gasteiger partial charge in [-0.1, -0.05) is 12.1 Å². The molecule has 0 heterocycles. The van der Waals surface area contributed by atoms with Crippen LogP contribution in [0.5, 0.6) is 5.75 Å². The monoisotopic (exact) mass is 345 g/mol. The average Bonchev–Trinajstić information content (AvgIpc) is 2.51. The number of alkyl halides is 6. The highest BCUT2D eigenvalue weighted by Gasteiger charge is 2.35. The second-order valence-corrected chi connectivity index (χ2v) is 4.80. The molecule has 0 aliphatic heterocycles. The third kappa shape index (κ3) is 4.19. The van der Waals surface area contributed by atoms with Crippen molar-refractivity contribution in [3.63, 3.8) is 0 Å². The maximum absolute atomic E-state index is 13.0. The maximum atomic E-state index is 13.0. The Morgan fingerprint density at radius 3 is 2.00 bits per heavy atom. The molecule has 0 amide bonds. The Balaban J connectivity index is 2.19. The van der Waals surface area contributed by atoms with E-state index in [2.05, 4.69) is 0 Å². The fraction of sp³-hybridized carbons (Fsp3) is 0.188. The Hall–Kier alpha value is -2.69. The van der Waals surface area contributed by atoms with E-state index in [1.807, 2.05) is 0 Å². The summed E-state index contributed by atoms with van der Waals surface area (Å²) in [7, 11) is 0. The van der Waals surface area contributed by atoms with E-state index in [4.69, 9.17) is 10.00 Å². The van der Waals surface area contributed by atoms with Gasteiger partial charge in [0.1, 0.15) is 12.4 Å². The quantitative estimate of drug-likeness (QED) is 0.719. The van der Waals surface area contributed by atoms with E-state index in [0.29, 0.717) is 6.07 Å². The van der Waals surface area contributed by atoms with E-state index >= 15 is 0 Å². The highest BCUT2D eigenvalue weighted by Crippen LogP contribution is 2.37. The van der Waals surface area contributed by atoms with Gasteiger partial charge < -0.3 is 4.74 Å². The van der Waals surface area contributed by atoms with Crippen molar-refractivity contribution < 1.29 is 31.1 Å². The summed E-state index contributed by atoms with van der Waals surface area (Å²) in [5.41, 5.74) is -1.88. The number of hydrogen-bond acceptors (Lipinski definition) is 2. The van der Waals surface area contributed by atoms with E-state index in [1.165, 1.54) is 0 Å². The predicted octanol–water partition coefficient (Wildman–Crippen LogP) is 5.17. The van der Waals surface area contributed by atoms with Crippen LogP contribution in [0.15, 0.2) is 42.5 Å². The average molecular weight is 345 g/mol. The molecule has 2 nitrogen and oxygen atoms in total. The molecule has 2 rings (SSSR count). The van der Waals surface area contributed by atoms with E-state index in [-0.39, 0.29) is 17.7 Å². The Morgan fingerprint density at radius 1 is 0.875 bits per heavy atom. The summed E-state index contributed by atoms with van der Waals surface area (Å²) in [6.07, 6.45) is -9.21. The first kappa shape index (κ1) is 17.7. The Kier molecular flexibility index (Phi) is 4.73. The molecular weight excluding hydrogens is 336 g/mol. The summed E-state index contributed by atoms with van der Waals surface area (Å²) >= 11 is 0. The van der Waals surface area contributed by atoms with Crippen LogP contribution in [0.2, 0.25) is 0 Å². The Bertz CT molecular complexity index is 756. The van der Waals surface area contributed by atoms with Crippen LogP contribution in [0.1, 0.15) is 22.3 Å². The second-order valence-electron chi connectivity index (χ2n) is 4.80. The molecule has 0 saturated carbocycles. The predicted molar refractivity (Wildman–Crippen MR) is 71.9 cm³/mol. The van der Waals surface area contributed by atoms with Gasteiger partial charge in [-0.3, -0.25) is 0 Å². The van der Waals surface area contributed by atoms with Crippen molar-refractivity contribution in [2.45, 2.75) is 19.0 Å². The maximum Gasteiger partial charge on any atom is 0.420 e. The summed E-state index contributed by atoms with van der Waals surface area (Å²) in [6.45, 7) is -0.340. The van der Waals surface area contributed by atoms with Crippen molar-refractivity contribution in [2.24, 2.45) is 0 Å². The minimum Gasteiger partial charge on any atom is -0.488 e. The van der Waals surface area contributed by atoms with Gasteiger partial charge in [0, 0.05) is 0 Å². The van der Waals surface area contributed by atoms with Crippen LogP contribution in [0.3, 0.4) is 0 Å². The van der Waals surface area contributed by atoms with Gasteiger partial charge in [-0.05, 0) is 35.9 Å². The molecule has 2 aromatic carbocycles. The highest BCUT2D eigenvalue weighted by atomic mass is 19.4. The highest BCUT2D eigenvalue weighted by molar-refractivity contribution is 5.43.